The highest BCUT2D eigenvalue weighted by molar-refractivity contribution is 7.98. The van der Waals surface area contributed by atoms with Gasteiger partial charge in [-0.3, -0.25) is 0 Å². The van der Waals surface area contributed by atoms with E-state index in [1.54, 1.807) is 27.8 Å². The van der Waals surface area contributed by atoms with E-state index in [0.29, 0.717) is 5.82 Å². The summed E-state index contributed by atoms with van der Waals surface area (Å²) >= 11 is 3.24. The first-order valence-corrected chi connectivity index (χ1v) is 10.1. The first kappa shape index (κ1) is 18.0. The maximum absolute atomic E-state index is 6.19. The number of aromatic nitrogens is 3. The summed E-state index contributed by atoms with van der Waals surface area (Å²) < 4.78 is 1.59. The van der Waals surface area contributed by atoms with Gasteiger partial charge in [0.05, 0.1) is 4.88 Å². The van der Waals surface area contributed by atoms with Crippen LogP contribution in [-0.4, -0.2) is 14.9 Å². The van der Waals surface area contributed by atoms with E-state index in [0.717, 1.165) is 15.8 Å². The number of benzene rings is 1. The fraction of sp³-hybridized carbons (Fsp3) is 0.368. The molecule has 2 aromatic heterocycles. The van der Waals surface area contributed by atoms with Crippen LogP contribution in [0.1, 0.15) is 43.0 Å². The van der Waals surface area contributed by atoms with E-state index in [1.807, 2.05) is 17.5 Å². The molecule has 0 bridgehead atoms. The van der Waals surface area contributed by atoms with Crippen molar-refractivity contribution in [1.82, 2.24) is 14.9 Å². The van der Waals surface area contributed by atoms with E-state index in [-0.39, 0.29) is 5.41 Å². The van der Waals surface area contributed by atoms with E-state index in [1.165, 1.54) is 22.3 Å². The van der Waals surface area contributed by atoms with Gasteiger partial charge in [-0.15, -0.1) is 21.5 Å². The summed E-state index contributed by atoms with van der Waals surface area (Å²) in [5, 5.41) is 11.3. The van der Waals surface area contributed by atoms with E-state index < -0.39 is 0 Å². The summed E-state index contributed by atoms with van der Waals surface area (Å²) in [6.07, 6.45) is 0. The van der Waals surface area contributed by atoms with Crippen molar-refractivity contribution >= 4 is 23.1 Å². The third-order valence-corrected chi connectivity index (χ3v) is 6.15. The number of rotatable bonds is 4. The Morgan fingerprint density at radius 3 is 2.40 bits per heavy atom. The van der Waals surface area contributed by atoms with Crippen LogP contribution in [0.25, 0.3) is 10.7 Å². The van der Waals surface area contributed by atoms with Crippen molar-refractivity contribution in [2.24, 2.45) is 0 Å². The smallest absolute Gasteiger partial charge is 0.210 e. The SMILES string of the molecule is Cc1cc(C(C)(C)C)cc(C)c1CSc1nnc(-c2cccs2)n1N. The predicted octanol–water partition coefficient (Wildman–Crippen LogP) is 4.93. The lowest BCUT2D eigenvalue weighted by molar-refractivity contribution is 0.589. The number of nitrogens with two attached hydrogens (primary N) is 1. The Morgan fingerprint density at radius 1 is 1.16 bits per heavy atom. The molecule has 3 rings (SSSR count). The molecule has 0 saturated heterocycles. The lowest BCUT2D eigenvalue weighted by atomic mass is 9.84. The molecule has 0 saturated carbocycles. The van der Waals surface area contributed by atoms with Crippen molar-refractivity contribution in [1.29, 1.82) is 0 Å². The molecule has 0 atom stereocenters. The predicted molar refractivity (Wildman–Crippen MR) is 108 cm³/mol. The molecule has 132 valence electrons. The molecule has 25 heavy (non-hydrogen) atoms. The van der Waals surface area contributed by atoms with Crippen molar-refractivity contribution in [3.05, 3.63) is 51.9 Å². The standard InChI is InChI=1S/C19H24N4S2/c1-12-9-14(19(3,4)5)10-13(2)15(12)11-25-18-22-21-17(23(18)20)16-7-6-8-24-16/h6-10H,11,20H2,1-5H3. The maximum Gasteiger partial charge on any atom is 0.210 e. The quantitative estimate of drug-likeness (QED) is 0.521. The highest BCUT2D eigenvalue weighted by Gasteiger charge is 2.18. The molecule has 1 aromatic carbocycles. The van der Waals surface area contributed by atoms with Gasteiger partial charge < -0.3 is 5.84 Å². The molecule has 2 heterocycles. The highest BCUT2D eigenvalue weighted by Crippen LogP contribution is 2.31. The van der Waals surface area contributed by atoms with E-state index >= 15 is 0 Å². The number of hydrogen-bond donors (Lipinski definition) is 1. The first-order chi connectivity index (χ1) is 11.8. The molecule has 0 fully saturated rings. The van der Waals surface area contributed by atoms with Gasteiger partial charge in [-0.1, -0.05) is 50.7 Å². The average Bonchev–Trinajstić information content (AvgIpc) is 3.15. The fourth-order valence-electron chi connectivity index (χ4n) is 2.74. The van der Waals surface area contributed by atoms with Crippen LogP contribution in [-0.2, 0) is 11.2 Å². The molecule has 2 N–H and O–H groups in total. The molecule has 3 aromatic rings. The van der Waals surface area contributed by atoms with Gasteiger partial charge in [-0.2, -0.15) is 0 Å². The Hall–Kier alpha value is -1.79. The maximum atomic E-state index is 6.19. The molecule has 0 aliphatic carbocycles. The summed E-state index contributed by atoms with van der Waals surface area (Å²) in [4.78, 5) is 1.03. The summed E-state index contributed by atoms with van der Waals surface area (Å²) in [6.45, 7) is 11.1. The van der Waals surface area contributed by atoms with E-state index in [4.69, 9.17) is 5.84 Å². The molecule has 0 amide bonds. The average molecular weight is 373 g/mol. The third-order valence-electron chi connectivity index (χ3n) is 4.31. The second kappa shape index (κ2) is 6.84. The van der Waals surface area contributed by atoms with Crippen molar-refractivity contribution < 1.29 is 0 Å². The van der Waals surface area contributed by atoms with Gasteiger partial charge in [0.25, 0.3) is 0 Å². The van der Waals surface area contributed by atoms with Crippen LogP contribution in [0, 0.1) is 13.8 Å². The number of nitrogens with zero attached hydrogens (tertiary/aromatic N) is 3. The Morgan fingerprint density at radius 2 is 1.84 bits per heavy atom. The second-order valence-electron chi connectivity index (χ2n) is 7.28. The lowest BCUT2D eigenvalue weighted by Gasteiger charge is -2.22. The van der Waals surface area contributed by atoms with Gasteiger partial charge in [0.2, 0.25) is 5.16 Å². The van der Waals surface area contributed by atoms with Gasteiger partial charge in [-0.05, 0) is 53.0 Å². The van der Waals surface area contributed by atoms with Crippen molar-refractivity contribution in [2.75, 3.05) is 5.84 Å². The molecule has 0 spiro atoms. The minimum atomic E-state index is 0.161. The molecule has 4 nitrogen and oxygen atoms in total. The van der Waals surface area contributed by atoms with Crippen LogP contribution in [0.2, 0.25) is 0 Å². The number of hydrogen-bond acceptors (Lipinski definition) is 5. The summed E-state index contributed by atoms with van der Waals surface area (Å²) in [6, 6.07) is 8.59. The molecule has 6 heteroatoms. The summed E-state index contributed by atoms with van der Waals surface area (Å²) in [5.41, 5.74) is 5.52. The molecular formula is C19H24N4S2. The van der Waals surface area contributed by atoms with Gasteiger partial charge in [0, 0.05) is 5.75 Å². The Kier molecular flexibility index (Phi) is 4.93. The Bertz CT molecular complexity index is 850. The molecular weight excluding hydrogens is 348 g/mol. The summed E-state index contributed by atoms with van der Waals surface area (Å²) in [7, 11) is 0. The number of thiophene rings is 1. The zero-order valence-corrected chi connectivity index (χ0v) is 17.0. The van der Waals surface area contributed by atoms with E-state index in [9.17, 15) is 0 Å². The van der Waals surface area contributed by atoms with Crippen molar-refractivity contribution in [2.45, 2.75) is 50.9 Å². The Labute approximate surface area is 157 Å². The van der Waals surface area contributed by atoms with Crippen LogP contribution < -0.4 is 5.84 Å². The van der Waals surface area contributed by atoms with Gasteiger partial charge in [0.15, 0.2) is 5.82 Å². The number of nitrogen functional groups attached to an aromatic ring is 1. The fourth-order valence-corrected chi connectivity index (χ4v) is 4.50. The molecule has 0 unspecified atom stereocenters. The Balaban J connectivity index is 1.81. The first-order valence-electron chi connectivity index (χ1n) is 8.25. The van der Waals surface area contributed by atoms with Gasteiger partial charge in [-0.25, -0.2) is 4.68 Å². The second-order valence-corrected chi connectivity index (χ2v) is 9.17. The van der Waals surface area contributed by atoms with Gasteiger partial charge >= 0.3 is 0 Å². The number of aryl methyl sites for hydroxylation is 2. The molecule has 0 aliphatic rings. The molecule has 0 radical (unpaired) electrons. The zero-order valence-electron chi connectivity index (χ0n) is 15.3. The van der Waals surface area contributed by atoms with Crippen LogP contribution >= 0.6 is 23.1 Å². The monoisotopic (exact) mass is 372 g/mol. The summed E-state index contributed by atoms with van der Waals surface area (Å²) in [5.74, 6) is 7.75. The van der Waals surface area contributed by atoms with Crippen LogP contribution in [0.5, 0.6) is 0 Å². The highest BCUT2D eigenvalue weighted by atomic mass is 32.2. The van der Waals surface area contributed by atoms with Crippen LogP contribution in [0.3, 0.4) is 0 Å². The van der Waals surface area contributed by atoms with Crippen molar-refractivity contribution in [3.63, 3.8) is 0 Å². The lowest BCUT2D eigenvalue weighted by Crippen LogP contribution is -2.13. The normalized spacial score (nSPS) is 11.9. The minimum Gasteiger partial charge on any atom is -0.335 e. The van der Waals surface area contributed by atoms with E-state index in [2.05, 4.69) is 56.9 Å². The van der Waals surface area contributed by atoms with Crippen LogP contribution in [0.4, 0.5) is 0 Å². The van der Waals surface area contributed by atoms with Crippen LogP contribution in [0.15, 0.2) is 34.8 Å². The third kappa shape index (κ3) is 3.75. The van der Waals surface area contributed by atoms with Crippen molar-refractivity contribution in [3.8, 4) is 10.7 Å². The number of thioether (sulfide) groups is 1. The largest absolute Gasteiger partial charge is 0.335 e. The zero-order chi connectivity index (χ0) is 18.2. The topological polar surface area (TPSA) is 56.7 Å². The van der Waals surface area contributed by atoms with Gasteiger partial charge in [0.1, 0.15) is 0 Å². The minimum absolute atomic E-state index is 0.161. The molecule has 0 aliphatic heterocycles.